The van der Waals surface area contributed by atoms with E-state index < -0.39 is 23.4 Å². The molecule has 18 heavy (non-hydrogen) atoms. The van der Waals surface area contributed by atoms with Crippen LogP contribution in [0.25, 0.3) is 0 Å². The first-order valence-electron chi connectivity index (χ1n) is 5.71. The fourth-order valence-electron chi connectivity index (χ4n) is 1.43. The minimum atomic E-state index is -0.845. The summed E-state index contributed by atoms with van der Waals surface area (Å²) in [7, 11) is 0. The molecule has 1 atom stereocenters. The van der Waals surface area contributed by atoms with Crippen LogP contribution in [0.1, 0.15) is 36.7 Å². The smallest absolute Gasteiger partial charge is 0.254 e. The van der Waals surface area contributed by atoms with Gasteiger partial charge in [-0.15, -0.1) is 0 Å². The van der Waals surface area contributed by atoms with Gasteiger partial charge in [0.25, 0.3) is 5.91 Å². The van der Waals surface area contributed by atoms with Crippen LogP contribution in [-0.4, -0.2) is 22.7 Å². The number of carbonyl (C=O) groups excluding carboxylic acids is 1. The molecule has 0 saturated heterocycles. The molecule has 1 aromatic rings. The van der Waals surface area contributed by atoms with E-state index in [2.05, 4.69) is 5.32 Å². The lowest BCUT2D eigenvalue weighted by atomic mass is 9.97. The van der Waals surface area contributed by atoms with Gasteiger partial charge in [0.05, 0.1) is 17.2 Å². The van der Waals surface area contributed by atoms with E-state index in [-0.39, 0.29) is 5.56 Å². The third kappa shape index (κ3) is 2.98. The lowest BCUT2D eigenvalue weighted by Gasteiger charge is -2.29. The van der Waals surface area contributed by atoms with Gasteiger partial charge < -0.3 is 16.2 Å². The van der Waals surface area contributed by atoms with Crippen LogP contribution in [0.15, 0.2) is 12.1 Å². The highest BCUT2D eigenvalue weighted by Crippen LogP contribution is 2.18. The van der Waals surface area contributed by atoms with Crippen molar-refractivity contribution in [2.75, 3.05) is 5.73 Å². The number of hydrogen-bond acceptors (Lipinski definition) is 3. The average Bonchev–Trinajstić information content (AvgIpc) is 2.22. The van der Waals surface area contributed by atoms with Crippen molar-refractivity contribution in [1.29, 1.82) is 0 Å². The van der Waals surface area contributed by atoms with Crippen LogP contribution in [0.2, 0.25) is 0 Å². The summed E-state index contributed by atoms with van der Waals surface area (Å²) in [5, 5.41) is 12.1. The molecule has 0 aliphatic heterocycles. The number of carbonyl (C=O) groups is 1. The maximum Gasteiger partial charge on any atom is 0.254 e. The van der Waals surface area contributed by atoms with Crippen LogP contribution in [-0.2, 0) is 0 Å². The van der Waals surface area contributed by atoms with Crippen molar-refractivity contribution in [1.82, 2.24) is 5.32 Å². The van der Waals surface area contributed by atoms with E-state index in [1.807, 2.05) is 0 Å². The summed E-state index contributed by atoms with van der Waals surface area (Å²) in [6, 6.07) is 2.75. The number of aliphatic hydroxyl groups is 1. The average molecular weight is 254 g/mol. The summed E-state index contributed by atoms with van der Waals surface area (Å²) < 4.78 is 13.8. The Kier molecular flexibility index (Phi) is 3.96. The second kappa shape index (κ2) is 4.94. The van der Waals surface area contributed by atoms with Crippen molar-refractivity contribution in [2.24, 2.45) is 0 Å². The highest BCUT2D eigenvalue weighted by Gasteiger charge is 2.27. The Morgan fingerprint density at radius 3 is 2.56 bits per heavy atom. The summed E-state index contributed by atoms with van der Waals surface area (Å²) in [5.74, 6) is -1.18. The number of aryl methyl sites for hydroxylation is 1. The van der Waals surface area contributed by atoms with E-state index in [1.54, 1.807) is 27.7 Å². The van der Waals surface area contributed by atoms with Gasteiger partial charge in [0, 0.05) is 5.69 Å². The number of nitrogen functional groups attached to an aromatic ring is 1. The van der Waals surface area contributed by atoms with Crippen molar-refractivity contribution in [3.8, 4) is 0 Å². The van der Waals surface area contributed by atoms with Gasteiger partial charge in [-0.2, -0.15) is 0 Å². The van der Waals surface area contributed by atoms with Crippen molar-refractivity contribution < 1.29 is 14.3 Å². The summed E-state index contributed by atoms with van der Waals surface area (Å²) in [5.41, 5.74) is 5.28. The molecule has 1 unspecified atom stereocenters. The number of rotatable bonds is 3. The molecule has 1 amide bonds. The van der Waals surface area contributed by atoms with Crippen molar-refractivity contribution in [3.63, 3.8) is 0 Å². The number of halogens is 1. The summed E-state index contributed by atoms with van der Waals surface area (Å²) >= 11 is 0. The lowest BCUT2D eigenvalue weighted by Crippen LogP contribution is -2.51. The number of aliphatic hydroxyl groups excluding tert-OH is 1. The Hall–Kier alpha value is -1.62. The van der Waals surface area contributed by atoms with E-state index in [9.17, 15) is 14.3 Å². The van der Waals surface area contributed by atoms with Crippen LogP contribution in [0, 0.1) is 12.7 Å². The molecule has 0 aromatic heterocycles. The Bertz CT molecular complexity index is 470. The highest BCUT2D eigenvalue weighted by molar-refractivity contribution is 5.96. The Balaban J connectivity index is 3.06. The number of amides is 1. The number of nitrogens with one attached hydrogen (secondary N) is 1. The third-order valence-electron chi connectivity index (χ3n) is 3.00. The zero-order chi connectivity index (χ0) is 14.1. The Morgan fingerprint density at radius 1 is 1.50 bits per heavy atom. The molecule has 0 aliphatic rings. The molecule has 1 aromatic carbocycles. The first-order valence-corrected chi connectivity index (χ1v) is 5.71. The number of benzene rings is 1. The fourth-order valence-corrected chi connectivity index (χ4v) is 1.43. The molecule has 0 aliphatic carbocycles. The topological polar surface area (TPSA) is 75.4 Å². The lowest BCUT2D eigenvalue weighted by molar-refractivity contribution is 0.0706. The molecule has 0 radical (unpaired) electrons. The fraction of sp³-hybridized carbons (Fsp3) is 0.462. The summed E-state index contributed by atoms with van der Waals surface area (Å²) in [6.07, 6.45) is -0.758. The maximum absolute atomic E-state index is 13.8. The molecule has 1 rings (SSSR count). The minimum Gasteiger partial charge on any atom is -0.399 e. The van der Waals surface area contributed by atoms with Gasteiger partial charge in [-0.05, 0) is 45.4 Å². The predicted molar refractivity (Wildman–Crippen MR) is 68.8 cm³/mol. The second-order valence-electron chi connectivity index (χ2n) is 5.05. The van der Waals surface area contributed by atoms with E-state index >= 15 is 0 Å². The zero-order valence-electron chi connectivity index (χ0n) is 11.0. The van der Waals surface area contributed by atoms with Gasteiger partial charge in [0.15, 0.2) is 0 Å². The van der Waals surface area contributed by atoms with E-state index in [0.717, 1.165) is 0 Å². The normalized spacial score (nSPS) is 13.2. The zero-order valence-corrected chi connectivity index (χ0v) is 11.0. The largest absolute Gasteiger partial charge is 0.399 e. The van der Waals surface area contributed by atoms with Gasteiger partial charge in [-0.1, -0.05) is 0 Å². The van der Waals surface area contributed by atoms with E-state index in [4.69, 9.17) is 5.73 Å². The maximum atomic E-state index is 13.8. The third-order valence-corrected chi connectivity index (χ3v) is 3.00. The van der Waals surface area contributed by atoms with Crippen molar-refractivity contribution in [2.45, 2.75) is 39.3 Å². The molecule has 0 bridgehead atoms. The summed E-state index contributed by atoms with van der Waals surface area (Å²) in [4.78, 5) is 12.0. The monoisotopic (exact) mass is 254 g/mol. The molecule has 0 fully saturated rings. The minimum absolute atomic E-state index is 0.110. The SMILES string of the molecule is Cc1cc(N)cc(C(=O)NC(C)(C)C(C)O)c1F. The molecule has 100 valence electrons. The van der Waals surface area contributed by atoms with Gasteiger partial charge >= 0.3 is 0 Å². The standard InChI is InChI=1S/C13H19FN2O2/c1-7-5-9(15)6-10(11(7)14)12(18)16-13(3,4)8(2)17/h5-6,8,17H,15H2,1-4H3,(H,16,18). The van der Waals surface area contributed by atoms with E-state index in [0.29, 0.717) is 11.3 Å². The number of hydrogen-bond donors (Lipinski definition) is 3. The van der Waals surface area contributed by atoms with Gasteiger partial charge in [0.1, 0.15) is 5.82 Å². The first kappa shape index (κ1) is 14.4. The van der Waals surface area contributed by atoms with Gasteiger partial charge in [-0.25, -0.2) is 4.39 Å². The molecule has 0 saturated carbocycles. The van der Waals surface area contributed by atoms with Crippen LogP contribution in [0.3, 0.4) is 0 Å². The van der Waals surface area contributed by atoms with Crippen LogP contribution in [0.5, 0.6) is 0 Å². The molecular formula is C13H19FN2O2. The van der Waals surface area contributed by atoms with Gasteiger partial charge in [0.2, 0.25) is 0 Å². The molecule has 4 N–H and O–H groups in total. The number of nitrogens with two attached hydrogens (primary N) is 1. The summed E-state index contributed by atoms with van der Waals surface area (Å²) in [6.45, 7) is 6.42. The van der Waals surface area contributed by atoms with Crippen LogP contribution in [0.4, 0.5) is 10.1 Å². The van der Waals surface area contributed by atoms with Crippen LogP contribution < -0.4 is 11.1 Å². The predicted octanol–water partition coefficient (Wildman–Crippen LogP) is 1.61. The number of anilines is 1. The molecule has 4 nitrogen and oxygen atoms in total. The molecule has 0 spiro atoms. The molecular weight excluding hydrogens is 235 g/mol. The van der Waals surface area contributed by atoms with Crippen molar-refractivity contribution >= 4 is 11.6 Å². The quantitative estimate of drug-likeness (QED) is 0.717. The van der Waals surface area contributed by atoms with E-state index in [1.165, 1.54) is 12.1 Å². The van der Waals surface area contributed by atoms with Crippen LogP contribution >= 0.6 is 0 Å². The Labute approximate surface area is 106 Å². The van der Waals surface area contributed by atoms with Gasteiger partial charge in [-0.3, -0.25) is 4.79 Å². The Morgan fingerprint density at radius 2 is 2.06 bits per heavy atom. The second-order valence-corrected chi connectivity index (χ2v) is 5.05. The highest BCUT2D eigenvalue weighted by atomic mass is 19.1. The van der Waals surface area contributed by atoms with Crippen molar-refractivity contribution in [3.05, 3.63) is 29.1 Å². The molecule has 5 heteroatoms. The first-order chi connectivity index (χ1) is 8.15. The molecule has 0 heterocycles.